The summed E-state index contributed by atoms with van der Waals surface area (Å²) in [6.07, 6.45) is 0. The van der Waals surface area contributed by atoms with Crippen molar-refractivity contribution < 1.29 is 13.2 Å². The number of benzene rings is 3. The number of carbonyl (C=O) groups excluding carboxylic acids is 1. The van der Waals surface area contributed by atoms with E-state index in [-0.39, 0.29) is 21.9 Å². The molecule has 3 aromatic rings. The van der Waals surface area contributed by atoms with Crippen molar-refractivity contribution in [1.82, 2.24) is 0 Å². The smallest absolute Gasteiger partial charge is 0.261 e. The highest BCUT2D eigenvalue weighted by molar-refractivity contribution is 7.92. The lowest BCUT2D eigenvalue weighted by atomic mass is 10.0. The predicted molar refractivity (Wildman–Crippen MR) is 103 cm³/mol. The van der Waals surface area contributed by atoms with E-state index in [1.54, 1.807) is 30.3 Å². The van der Waals surface area contributed by atoms with Crippen LogP contribution in [0.5, 0.6) is 0 Å². The van der Waals surface area contributed by atoms with Crippen molar-refractivity contribution in [2.45, 2.75) is 4.90 Å². The van der Waals surface area contributed by atoms with Gasteiger partial charge in [0.1, 0.15) is 0 Å². The summed E-state index contributed by atoms with van der Waals surface area (Å²) in [5, 5.41) is 9.15. The molecule has 0 aromatic heterocycles. The fraction of sp³-hybridized carbons (Fsp3) is 0. The van der Waals surface area contributed by atoms with Crippen LogP contribution in [0.3, 0.4) is 0 Å². The Morgan fingerprint density at radius 2 is 1.63 bits per heavy atom. The third kappa shape index (κ3) is 4.17. The first-order valence-corrected chi connectivity index (χ1v) is 9.69. The molecular formula is C20H13ClN2O3S. The van der Waals surface area contributed by atoms with Gasteiger partial charge in [0.25, 0.3) is 10.0 Å². The van der Waals surface area contributed by atoms with Gasteiger partial charge in [-0.1, -0.05) is 41.9 Å². The van der Waals surface area contributed by atoms with E-state index < -0.39 is 10.0 Å². The Kier molecular flexibility index (Phi) is 5.26. The summed E-state index contributed by atoms with van der Waals surface area (Å²) in [6.45, 7) is 0. The Hall–Kier alpha value is -3.14. The number of hydrogen-bond acceptors (Lipinski definition) is 4. The zero-order valence-electron chi connectivity index (χ0n) is 13.9. The number of nitriles is 1. The maximum absolute atomic E-state index is 12.8. The highest BCUT2D eigenvalue weighted by Crippen LogP contribution is 2.26. The topological polar surface area (TPSA) is 87.0 Å². The Balaban J connectivity index is 1.99. The van der Waals surface area contributed by atoms with Crippen LogP contribution < -0.4 is 4.72 Å². The lowest BCUT2D eigenvalue weighted by Crippen LogP contribution is -2.16. The molecule has 0 heterocycles. The molecule has 0 aliphatic carbocycles. The molecule has 0 saturated heterocycles. The van der Waals surface area contributed by atoms with Crippen LogP contribution in [0, 0.1) is 11.3 Å². The Bertz CT molecular complexity index is 1140. The summed E-state index contributed by atoms with van der Waals surface area (Å²) >= 11 is 6.01. The van der Waals surface area contributed by atoms with Crippen LogP contribution in [-0.2, 0) is 10.0 Å². The van der Waals surface area contributed by atoms with Gasteiger partial charge in [-0.05, 0) is 42.5 Å². The molecule has 27 heavy (non-hydrogen) atoms. The van der Waals surface area contributed by atoms with Crippen molar-refractivity contribution in [2.75, 3.05) is 4.72 Å². The number of hydrogen-bond donors (Lipinski definition) is 1. The van der Waals surface area contributed by atoms with Crippen LogP contribution in [0.1, 0.15) is 21.5 Å². The number of nitrogens with zero attached hydrogens (tertiary/aromatic N) is 1. The molecule has 3 aromatic carbocycles. The third-order valence-electron chi connectivity index (χ3n) is 3.80. The van der Waals surface area contributed by atoms with Crippen LogP contribution in [0.25, 0.3) is 0 Å². The number of ketones is 1. The summed E-state index contributed by atoms with van der Waals surface area (Å²) in [7, 11) is -3.94. The highest BCUT2D eigenvalue weighted by atomic mass is 35.5. The normalized spacial score (nSPS) is 10.8. The minimum Gasteiger partial charge on any atom is -0.289 e. The van der Waals surface area contributed by atoms with Gasteiger partial charge in [0.05, 0.1) is 22.2 Å². The van der Waals surface area contributed by atoms with Gasteiger partial charge in [0.15, 0.2) is 5.78 Å². The molecule has 0 unspecified atom stereocenters. The maximum Gasteiger partial charge on any atom is 0.261 e. The molecule has 5 nitrogen and oxygen atoms in total. The molecular weight excluding hydrogens is 384 g/mol. The fourth-order valence-electron chi connectivity index (χ4n) is 2.45. The Morgan fingerprint density at radius 1 is 0.963 bits per heavy atom. The van der Waals surface area contributed by atoms with Crippen LogP contribution in [0.4, 0.5) is 5.69 Å². The van der Waals surface area contributed by atoms with Gasteiger partial charge in [-0.15, -0.1) is 0 Å². The molecule has 134 valence electrons. The minimum absolute atomic E-state index is 0.0189. The van der Waals surface area contributed by atoms with Crippen molar-refractivity contribution >= 4 is 33.1 Å². The predicted octanol–water partition coefficient (Wildman–Crippen LogP) is 4.24. The quantitative estimate of drug-likeness (QED) is 0.653. The number of rotatable bonds is 5. The van der Waals surface area contributed by atoms with E-state index in [0.717, 1.165) is 0 Å². The van der Waals surface area contributed by atoms with Crippen LogP contribution in [0.2, 0.25) is 5.02 Å². The van der Waals surface area contributed by atoms with Crippen molar-refractivity contribution in [3.63, 3.8) is 0 Å². The molecule has 7 heteroatoms. The number of halogens is 1. The van der Waals surface area contributed by atoms with Gasteiger partial charge in [0.2, 0.25) is 0 Å². The fourth-order valence-corrected chi connectivity index (χ4v) is 3.70. The van der Waals surface area contributed by atoms with Gasteiger partial charge in [-0.25, -0.2) is 8.42 Å². The Morgan fingerprint density at radius 3 is 2.26 bits per heavy atom. The molecule has 0 atom stereocenters. The second kappa shape index (κ2) is 7.62. The van der Waals surface area contributed by atoms with Crippen LogP contribution >= 0.6 is 11.6 Å². The minimum atomic E-state index is -3.94. The van der Waals surface area contributed by atoms with Crippen molar-refractivity contribution in [3.05, 3.63) is 94.5 Å². The van der Waals surface area contributed by atoms with E-state index in [9.17, 15) is 13.2 Å². The molecule has 0 fully saturated rings. The summed E-state index contributed by atoms with van der Waals surface area (Å²) in [5.41, 5.74) is 1.03. The third-order valence-corrected chi connectivity index (χ3v) is 5.42. The number of sulfonamides is 1. The first-order chi connectivity index (χ1) is 12.9. The maximum atomic E-state index is 12.8. The highest BCUT2D eigenvalue weighted by Gasteiger charge is 2.20. The Labute approximate surface area is 161 Å². The lowest BCUT2D eigenvalue weighted by Gasteiger charge is -2.13. The van der Waals surface area contributed by atoms with Gasteiger partial charge in [-0.3, -0.25) is 9.52 Å². The largest absolute Gasteiger partial charge is 0.289 e. The van der Waals surface area contributed by atoms with Gasteiger partial charge < -0.3 is 0 Å². The molecule has 0 aliphatic rings. The zero-order valence-corrected chi connectivity index (χ0v) is 15.5. The SMILES string of the molecule is N#Cc1ccc(S(=O)(=O)Nc2ccc(Cl)cc2C(=O)c2ccccc2)cc1. The summed E-state index contributed by atoms with van der Waals surface area (Å²) in [6, 6.07) is 20.3. The molecule has 0 spiro atoms. The molecule has 0 saturated carbocycles. The van der Waals surface area contributed by atoms with E-state index in [1.165, 1.54) is 42.5 Å². The number of nitrogens with one attached hydrogen (secondary N) is 1. The van der Waals surface area contributed by atoms with Gasteiger partial charge in [0, 0.05) is 16.1 Å². The van der Waals surface area contributed by atoms with Crippen molar-refractivity contribution in [3.8, 4) is 6.07 Å². The van der Waals surface area contributed by atoms with Crippen molar-refractivity contribution in [2.24, 2.45) is 0 Å². The van der Waals surface area contributed by atoms with Gasteiger partial charge >= 0.3 is 0 Å². The van der Waals surface area contributed by atoms with Crippen molar-refractivity contribution in [1.29, 1.82) is 5.26 Å². The van der Waals surface area contributed by atoms with E-state index in [4.69, 9.17) is 16.9 Å². The number of anilines is 1. The first-order valence-electron chi connectivity index (χ1n) is 7.83. The number of carbonyl (C=O) groups is 1. The molecule has 0 bridgehead atoms. The van der Waals surface area contributed by atoms with E-state index >= 15 is 0 Å². The van der Waals surface area contributed by atoms with Crippen LogP contribution in [-0.4, -0.2) is 14.2 Å². The summed E-state index contributed by atoms with van der Waals surface area (Å²) < 4.78 is 27.7. The standard InChI is InChI=1S/C20H13ClN2O3S/c21-16-8-11-19(18(12-16)20(24)15-4-2-1-3-5-15)23-27(25,26)17-9-6-14(13-22)7-10-17/h1-12,23H. The average Bonchev–Trinajstić information content (AvgIpc) is 2.69. The van der Waals surface area contributed by atoms with E-state index in [0.29, 0.717) is 16.1 Å². The molecule has 1 N–H and O–H groups in total. The monoisotopic (exact) mass is 396 g/mol. The second-order valence-electron chi connectivity index (χ2n) is 5.63. The average molecular weight is 397 g/mol. The zero-order chi connectivity index (χ0) is 19.4. The van der Waals surface area contributed by atoms with Gasteiger partial charge in [-0.2, -0.15) is 5.26 Å². The summed E-state index contributed by atoms with van der Waals surface area (Å²) in [5.74, 6) is -0.351. The van der Waals surface area contributed by atoms with E-state index in [2.05, 4.69) is 4.72 Å². The molecule has 0 aliphatic heterocycles. The lowest BCUT2D eigenvalue weighted by molar-refractivity contribution is 0.103. The second-order valence-corrected chi connectivity index (χ2v) is 7.75. The van der Waals surface area contributed by atoms with E-state index in [1.807, 2.05) is 6.07 Å². The molecule has 0 radical (unpaired) electrons. The molecule has 3 rings (SSSR count). The first kappa shape index (κ1) is 18.6. The molecule has 0 amide bonds. The summed E-state index contributed by atoms with van der Waals surface area (Å²) in [4.78, 5) is 12.8. The van der Waals surface area contributed by atoms with Crippen LogP contribution in [0.15, 0.2) is 77.7 Å².